The van der Waals surface area contributed by atoms with Gasteiger partial charge in [0.25, 0.3) is 0 Å². The number of hydrogen-bond donors (Lipinski definition) is 0. The predicted molar refractivity (Wildman–Crippen MR) is 42.5 cm³/mol. The third-order valence-corrected chi connectivity index (χ3v) is 1.26. The topological polar surface area (TPSA) is 9.23 Å². The first-order chi connectivity index (χ1) is 4.83. The van der Waals surface area contributed by atoms with Crippen molar-refractivity contribution in [2.75, 3.05) is 7.11 Å². The number of methoxy groups -OCH3 is 1. The fourth-order valence-electron chi connectivity index (χ4n) is 0.850. The molecule has 10 heavy (non-hydrogen) atoms. The van der Waals surface area contributed by atoms with Crippen LogP contribution in [0, 0.1) is 0 Å². The first-order valence-corrected chi connectivity index (χ1v) is 3.16. The average molecular weight is 132 g/mol. The molecule has 50 valence electrons. The number of benzene rings is 1. The molecule has 2 radical (unpaired) electrons. The second-order valence-corrected chi connectivity index (χ2v) is 2.18. The number of hydrogen-bond acceptors (Lipinski definition) is 1. The Morgan fingerprint density at radius 3 is 2.90 bits per heavy atom. The molecule has 0 aliphatic rings. The van der Waals surface area contributed by atoms with Crippen LogP contribution in [-0.4, -0.2) is 15.0 Å². The average Bonchev–Trinajstić information content (AvgIpc) is 1.88. The highest BCUT2D eigenvalue weighted by Crippen LogP contribution is 1.96. The summed E-state index contributed by atoms with van der Waals surface area (Å²) in [6.07, 6.45) is 0. The summed E-state index contributed by atoms with van der Waals surface area (Å²) in [5, 5.41) is 0. The molecule has 0 amide bonds. The van der Waals surface area contributed by atoms with Gasteiger partial charge in [0.1, 0.15) is 7.85 Å². The number of rotatable bonds is 2. The van der Waals surface area contributed by atoms with Crippen LogP contribution in [0.15, 0.2) is 24.3 Å². The van der Waals surface area contributed by atoms with E-state index >= 15 is 0 Å². The fourth-order valence-corrected chi connectivity index (χ4v) is 0.850. The largest absolute Gasteiger partial charge is 0.380 e. The molecule has 1 aromatic rings. The summed E-state index contributed by atoms with van der Waals surface area (Å²) >= 11 is 0. The Balaban J connectivity index is 2.75. The number of ether oxygens (including phenoxy) is 1. The minimum atomic E-state index is 0.630. The molecule has 0 saturated heterocycles. The van der Waals surface area contributed by atoms with E-state index in [9.17, 15) is 0 Å². The van der Waals surface area contributed by atoms with Crippen LogP contribution in [0.1, 0.15) is 5.56 Å². The monoisotopic (exact) mass is 132 g/mol. The van der Waals surface area contributed by atoms with Gasteiger partial charge in [0.2, 0.25) is 0 Å². The van der Waals surface area contributed by atoms with Gasteiger partial charge in [0.15, 0.2) is 0 Å². The molecule has 0 aliphatic heterocycles. The SMILES string of the molecule is [B]c1cccc(COC)c1. The molecule has 1 nitrogen and oxygen atoms in total. The molecule has 0 unspecified atom stereocenters. The molecule has 0 aliphatic carbocycles. The van der Waals surface area contributed by atoms with Crippen LogP contribution < -0.4 is 5.46 Å². The zero-order valence-electron chi connectivity index (χ0n) is 6.00. The van der Waals surface area contributed by atoms with Crippen LogP contribution >= 0.6 is 0 Å². The molecule has 0 bridgehead atoms. The maximum Gasteiger partial charge on any atom is 0.113 e. The van der Waals surface area contributed by atoms with Crippen molar-refractivity contribution in [2.45, 2.75) is 6.61 Å². The van der Waals surface area contributed by atoms with Crippen molar-refractivity contribution in [2.24, 2.45) is 0 Å². The second kappa shape index (κ2) is 3.42. The summed E-state index contributed by atoms with van der Waals surface area (Å²) in [6.45, 7) is 0.630. The first kappa shape index (κ1) is 7.35. The van der Waals surface area contributed by atoms with Gasteiger partial charge >= 0.3 is 0 Å². The van der Waals surface area contributed by atoms with Crippen molar-refractivity contribution in [3.05, 3.63) is 29.8 Å². The third kappa shape index (κ3) is 1.88. The molecule has 0 spiro atoms. The molecule has 0 saturated carbocycles. The Morgan fingerprint density at radius 1 is 1.50 bits per heavy atom. The van der Waals surface area contributed by atoms with Gasteiger partial charge in [-0.05, 0) is 5.56 Å². The summed E-state index contributed by atoms with van der Waals surface area (Å²) < 4.78 is 4.93. The van der Waals surface area contributed by atoms with E-state index in [0.29, 0.717) is 6.61 Å². The van der Waals surface area contributed by atoms with E-state index in [1.54, 1.807) is 7.11 Å². The van der Waals surface area contributed by atoms with E-state index in [1.807, 2.05) is 24.3 Å². The minimum absolute atomic E-state index is 0.630. The van der Waals surface area contributed by atoms with Crippen LogP contribution in [0.2, 0.25) is 0 Å². The van der Waals surface area contributed by atoms with Crippen LogP contribution in [0.3, 0.4) is 0 Å². The lowest BCUT2D eigenvalue weighted by Crippen LogP contribution is -2.02. The lowest BCUT2D eigenvalue weighted by molar-refractivity contribution is 0.185. The lowest BCUT2D eigenvalue weighted by Gasteiger charge is -1.99. The van der Waals surface area contributed by atoms with Gasteiger partial charge in [-0.15, -0.1) is 0 Å². The zero-order chi connectivity index (χ0) is 7.40. The minimum Gasteiger partial charge on any atom is -0.380 e. The summed E-state index contributed by atoms with van der Waals surface area (Å²) in [5.41, 5.74) is 1.90. The van der Waals surface area contributed by atoms with Crippen LogP contribution in [-0.2, 0) is 11.3 Å². The lowest BCUT2D eigenvalue weighted by atomic mass is 9.95. The normalized spacial score (nSPS) is 9.70. The second-order valence-electron chi connectivity index (χ2n) is 2.18. The summed E-state index contributed by atoms with van der Waals surface area (Å²) in [6, 6.07) is 7.67. The molecular formula is C8H9BO. The van der Waals surface area contributed by atoms with Crippen molar-refractivity contribution in [3.63, 3.8) is 0 Å². The van der Waals surface area contributed by atoms with Crippen molar-refractivity contribution in [1.82, 2.24) is 0 Å². The standard InChI is InChI=1S/C8H9BO/c1-10-6-7-3-2-4-8(9)5-7/h2-5H,6H2,1H3. The highest BCUT2D eigenvalue weighted by molar-refractivity contribution is 6.32. The van der Waals surface area contributed by atoms with E-state index in [1.165, 1.54) is 0 Å². The van der Waals surface area contributed by atoms with Gasteiger partial charge < -0.3 is 4.74 Å². The van der Waals surface area contributed by atoms with Gasteiger partial charge in [-0.3, -0.25) is 0 Å². The Labute approximate surface area is 62.4 Å². The van der Waals surface area contributed by atoms with E-state index in [0.717, 1.165) is 11.0 Å². The molecule has 0 N–H and O–H groups in total. The summed E-state index contributed by atoms with van der Waals surface area (Å²) in [5.74, 6) is 0. The molecule has 0 heterocycles. The molecule has 0 atom stereocenters. The molecule has 1 rings (SSSR count). The van der Waals surface area contributed by atoms with E-state index in [-0.39, 0.29) is 0 Å². The van der Waals surface area contributed by atoms with Gasteiger partial charge in [-0.1, -0.05) is 29.7 Å². The quantitative estimate of drug-likeness (QED) is 0.536. The summed E-state index contributed by atoms with van der Waals surface area (Å²) in [7, 11) is 7.20. The molecule has 0 aromatic heterocycles. The Morgan fingerprint density at radius 2 is 2.30 bits per heavy atom. The Bertz CT molecular complexity index is 210. The highest BCUT2D eigenvalue weighted by Gasteiger charge is 1.88. The van der Waals surface area contributed by atoms with E-state index in [2.05, 4.69) is 0 Å². The van der Waals surface area contributed by atoms with Crippen LogP contribution in [0.4, 0.5) is 0 Å². The summed E-state index contributed by atoms with van der Waals surface area (Å²) in [4.78, 5) is 0. The van der Waals surface area contributed by atoms with Gasteiger partial charge in [-0.2, -0.15) is 0 Å². The maximum atomic E-state index is 5.53. The van der Waals surface area contributed by atoms with Crippen LogP contribution in [0.25, 0.3) is 0 Å². The van der Waals surface area contributed by atoms with Crippen molar-refractivity contribution in [3.8, 4) is 0 Å². The van der Waals surface area contributed by atoms with Crippen molar-refractivity contribution >= 4 is 13.3 Å². The fraction of sp³-hybridized carbons (Fsp3) is 0.250. The van der Waals surface area contributed by atoms with Gasteiger partial charge in [0.05, 0.1) is 6.61 Å². The first-order valence-electron chi connectivity index (χ1n) is 3.16. The third-order valence-electron chi connectivity index (χ3n) is 1.26. The van der Waals surface area contributed by atoms with Gasteiger partial charge in [0, 0.05) is 7.11 Å². The Hall–Kier alpha value is -0.755. The molecule has 2 heteroatoms. The molecule has 1 aromatic carbocycles. The zero-order valence-corrected chi connectivity index (χ0v) is 6.00. The van der Waals surface area contributed by atoms with Gasteiger partial charge in [-0.25, -0.2) is 0 Å². The van der Waals surface area contributed by atoms with E-state index < -0.39 is 0 Å². The maximum absolute atomic E-state index is 5.53. The predicted octanol–water partition coefficient (Wildman–Crippen LogP) is 0.627. The Kier molecular flexibility index (Phi) is 2.52. The molecular weight excluding hydrogens is 123 g/mol. The van der Waals surface area contributed by atoms with Crippen molar-refractivity contribution < 1.29 is 4.74 Å². The van der Waals surface area contributed by atoms with Crippen LogP contribution in [0.5, 0.6) is 0 Å². The molecule has 0 fully saturated rings. The highest BCUT2D eigenvalue weighted by atomic mass is 16.5. The smallest absolute Gasteiger partial charge is 0.113 e. The van der Waals surface area contributed by atoms with E-state index in [4.69, 9.17) is 12.6 Å². The van der Waals surface area contributed by atoms with Crippen molar-refractivity contribution in [1.29, 1.82) is 0 Å².